The smallest absolute Gasteiger partial charge is 0.323 e. The quantitative estimate of drug-likeness (QED) is 0.753. The molecule has 0 saturated carbocycles. The van der Waals surface area contributed by atoms with Crippen LogP contribution >= 0.6 is 0 Å². The van der Waals surface area contributed by atoms with E-state index in [9.17, 15) is 4.79 Å². The molecule has 4 rings (SSSR count). The molecule has 9 nitrogen and oxygen atoms in total. The van der Waals surface area contributed by atoms with Gasteiger partial charge >= 0.3 is 6.03 Å². The van der Waals surface area contributed by atoms with Gasteiger partial charge in [0, 0.05) is 26.2 Å². The number of amides is 2. The SMILES string of the molecule is CC1CN(c2ccc(NC(=O)Nc3ccc(N4CC(C)OC(C)C4)nc3)cn2)CC(C)O1. The Morgan fingerprint density at radius 2 is 1.12 bits per heavy atom. The maximum atomic E-state index is 12.4. The van der Waals surface area contributed by atoms with Crippen molar-refractivity contribution in [2.24, 2.45) is 0 Å². The number of carbonyl (C=O) groups is 1. The van der Waals surface area contributed by atoms with Crippen LogP contribution in [-0.4, -0.2) is 66.6 Å². The van der Waals surface area contributed by atoms with E-state index >= 15 is 0 Å². The van der Waals surface area contributed by atoms with Gasteiger partial charge in [0.05, 0.1) is 48.2 Å². The van der Waals surface area contributed by atoms with Gasteiger partial charge < -0.3 is 29.9 Å². The second kappa shape index (κ2) is 9.70. The van der Waals surface area contributed by atoms with Crippen LogP contribution in [0.4, 0.5) is 27.8 Å². The summed E-state index contributed by atoms with van der Waals surface area (Å²) in [6.07, 6.45) is 4.00. The van der Waals surface area contributed by atoms with Crippen molar-refractivity contribution in [1.82, 2.24) is 9.97 Å². The highest BCUT2D eigenvalue weighted by Gasteiger charge is 2.24. The standard InChI is InChI=1S/C23H32N6O3/c1-15-11-28(12-16(2)31-15)21-7-5-19(9-24-21)26-23(30)27-20-6-8-22(25-10-20)29-13-17(3)32-18(4)14-29/h5-10,15-18H,11-14H2,1-4H3,(H2,26,27,30). The Balaban J connectivity index is 1.31. The van der Waals surface area contributed by atoms with Crippen LogP contribution in [0.5, 0.6) is 0 Å². The van der Waals surface area contributed by atoms with E-state index in [4.69, 9.17) is 9.47 Å². The Morgan fingerprint density at radius 3 is 1.44 bits per heavy atom. The maximum Gasteiger partial charge on any atom is 0.323 e. The van der Waals surface area contributed by atoms with E-state index in [1.165, 1.54) is 0 Å². The van der Waals surface area contributed by atoms with Crippen molar-refractivity contribution >= 4 is 29.0 Å². The molecule has 2 saturated heterocycles. The minimum absolute atomic E-state index is 0.166. The highest BCUT2D eigenvalue weighted by Crippen LogP contribution is 2.21. The topological polar surface area (TPSA) is 91.9 Å². The molecule has 2 aromatic rings. The van der Waals surface area contributed by atoms with Gasteiger partial charge in [-0.05, 0) is 52.0 Å². The van der Waals surface area contributed by atoms with Gasteiger partial charge in [0.15, 0.2) is 0 Å². The highest BCUT2D eigenvalue weighted by atomic mass is 16.5. The van der Waals surface area contributed by atoms with Gasteiger partial charge in [-0.1, -0.05) is 0 Å². The molecule has 2 fully saturated rings. The third-order valence-corrected chi connectivity index (χ3v) is 5.50. The lowest BCUT2D eigenvalue weighted by Crippen LogP contribution is -2.45. The van der Waals surface area contributed by atoms with E-state index in [1.54, 1.807) is 12.4 Å². The zero-order chi connectivity index (χ0) is 22.7. The van der Waals surface area contributed by atoms with Gasteiger partial charge in [-0.2, -0.15) is 0 Å². The van der Waals surface area contributed by atoms with Gasteiger partial charge in [-0.3, -0.25) is 0 Å². The molecule has 2 amide bonds. The predicted molar refractivity (Wildman–Crippen MR) is 126 cm³/mol. The first-order valence-corrected chi connectivity index (χ1v) is 11.2. The number of ether oxygens (including phenoxy) is 2. The number of hydrogen-bond donors (Lipinski definition) is 2. The maximum absolute atomic E-state index is 12.4. The summed E-state index contributed by atoms with van der Waals surface area (Å²) >= 11 is 0. The summed E-state index contributed by atoms with van der Waals surface area (Å²) in [5.41, 5.74) is 1.25. The molecule has 0 spiro atoms. The zero-order valence-electron chi connectivity index (χ0n) is 19.1. The average Bonchev–Trinajstić information content (AvgIpc) is 2.73. The molecular weight excluding hydrogens is 408 g/mol. The largest absolute Gasteiger partial charge is 0.372 e. The molecular formula is C23H32N6O3. The lowest BCUT2D eigenvalue weighted by atomic mass is 10.2. The summed E-state index contributed by atoms with van der Waals surface area (Å²) in [4.78, 5) is 25.8. The Kier molecular flexibility index (Phi) is 6.76. The molecule has 0 bridgehead atoms. The molecule has 2 aliphatic rings. The number of urea groups is 1. The number of anilines is 4. The van der Waals surface area contributed by atoms with Crippen molar-refractivity contribution in [2.45, 2.75) is 52.1 Å². The highest BCUT2D eigenvalue weighted by molar-refractivity contribution is 5.99. The van der Waals surface area contributed by atoms with Crippen molar-refractivity contribution in [3.8, 4) is 0 Å². The molecule has 2 aliphatic heterocycles. The first kappa shape index (κ1) is 22.3. The minimum Gasteiger partial charge on any atom is -0.372 e. The third-order valence-electron chi connectivity index (χ3n) is 5.50. The Bertz CT molecular complexity index is 813. The monoisotopic (exact) mass is 440 g/mol. The number of morpholine rings is 2. The average molecular weight is 441 g/mol. The number of pyridine rings is 2. The minimum atomic E-state index is -0.337. The van der Waals surface area contributed by atoms with Gasteiger partial charge in [0.25, 0.3) is 0 Å². The fourth-order valence-electron chi connectivity index (χ4n) is 4.32. The van der Waals surface area contributed by atoms with E-state index < -0.39 is 0 Å². The third kappa shape index (κ3) is 5.66. The zero-order valence-corrected chi connectivity index (χ0v) is 19.1. The van der Waals surface area contributed by atoms with Crippen LogP contribution in [0.15, 0.2) is 36.7 Å². The molecule has 32 heavy (non-hydrogen) atoms. The molecule has 2 N–H and O–H groups in total. The molecule has 4 unspecified atom stereocenters. The van der Waals surface area contributed by atoms with Crippen molar-refractivity contribution in [1.29, 1.82) is 0 Å². The van der Waals surface area contributed by atoms with Crippen molar-refractivity contribution in [3.63, 3.8) is 0 Å². The van der Waals surface area contributed by atoms with Crippen LogP contribution in [0, 0.1) is 0 Å². The van der Waals surface area contributed by atoms with Crippen molar-refractivity contribution < 1.29 is 14.3 Å². The second-order valence-corrected chi connectivity index (χ2v) is 8.71. The van der Waals surface area contributed by atoms with E-state index in [0.29, 0.717) is 11.4 Å². The van der Waals surface area contributed by atoms with E-state index in [2.05, 4.69) is 58.1 Å². The number of nitrogens with one attached hydrogen (secondary N) is 2. The molecule has 4 heterocycles. The summed E-state index contributed by atoms with van der Waals surface area (Å²) in [6, 6.07) is 7.21. The van der Waals surface area contributed by atoms with Gasteiger partial charge in [0.1, 0.15) is 11.6 Å². The Hall–Kier alpha value is -2.91. The van der Waals surface area contributed by atoms with Gasteiger partial charge in [-0.25, -0.2) is 14.8 Å². The lowest BCUT2D eigenvalue weighted by molar-refractivity contribution is -0.00572. The van der Waals surface area contributed by atoms with Crippen LogP contribution in [0.1, 0.15) is 27.7 Å². The Labute approximate surface area is 189 Å². The fourth-order valence-corrected chi connectivity index (χ4v) is 4.32. The molecule has 9 heteroatoms. The van der Waals surface area contributed by atoms with Crippen LogP contribution in [0.25, 0.3) is 0 Å². The predicted octanol–water partition coefficient (Wildman–Crippen LogP) is 3.35. The van der Waals surface area contributed by atoms with Crippen molar-refractivity contribution in [2.75, 3.05) is 46.6 Å². The molecule has 4 atom stereocenters. The van der Waals surface area contributed by atoms with E-state index in [1.807, 2.05) is 24.3 Å². The summed E-state index contributed by atoms with van der Waals surface area (Å²) in [5.74, 6) is 1.76. The first-order valence-electron chi connectivity index (χ1n) is 11.2. The molecule has 0 aliphatic carbocycles. The summed E-state index contributed by atoms with van der Waals surface area (Å²) in [6.45, 7) is 11.5. The van der Waals surface area contributed by atoms with E-state index in [-0.39, 0.29) is 30.4 Å². The molecule has 172 valence electrons. The van der Waals surface area contributed by atoms with E-state index in [0.717, 1.165) is 37.8 Å². The first-order chi connectivity index (χ1) is 15.4. The summed E-state index contributed by atoms with van der Waals surface area (Å²) in [7, 11) is 0. The van der Waals surface area contributed by atoms with Gasteiger partial charge in [0.2, 0.25) is 0 Å². The number of nitrogens with zero attached hydrogens (tertiary/aromatic N) is 4. The lowest BCUT2D eigenvalue weighted by Gasteiger charge is -2.36. The number of rotatable bonds is 4. The molecule has 0 radical (unpaired) electrons. The second-order valence-electron chi connectivity index (χ2n) is 8.71. The van der Waals surface area contributed by atoms with Crippen molar-refractivity contribution in [3.05, 3.63) is 36.7 Å². The number of hydrogen-bond acceptors (Lipinski definition) is 7. The van der Waals surface area contributed by atoms with Crippen LogP contribution in [-0.2, 0) is 9.47 Å². The normalized spacial score (nSPS) is 26.0. The van der Waals surface area contributed by atoms with Crippen LogP contribution < -0.4 is 20.4 Å². The Morgan fingerprint density at radius 1 is 0.750 bits per heavy atom. The molecule has 2 aromatic heterocycles. The van der Waals surface area contributed by atoms with Gasteiger partial charge in [-0.15, -0.1) is 0 Å². The van der Waals surface area contributed by atoms with Crippen LogP contribution in [0.2, 0.25) is 0 Å². The summed E-state index contributed by atoms with van der Waals surface area (Å²) in [5, 5.41) is 5.63. The number of carbonyl (C=O) groups excluding carboxylic acids is 1. The van der Waals surface area contributed by atoms with Crippen LogP contribution in [0.3, 0.4) is 0 Å². The summed E-state index contributed by atoms with van der Waals surface area (Å²) < 4.78 is 11.5. The fraction of sp³-hybridized carbons (Fsp3) is 0.522. The number of aromatic nitrogens is 2. The molecule has 0 aromatic carbocycles.